The number of nitriles is 3. The van der Waals surface area contributed by atoms with Gasteiger partial charge >= 0.3 is 17.1 Å². The van der Waals surface area contributed by atoms with Gasteiger partial charge in [-0.1, -0.05) is 100 Å². The first-order valence-corrected chi connectivity index (χ1v) is 35.2. The number of hydrogen-bond acceptors (Lipinski definition) is 18. The molecule has 2 aliphatic rings. The fourth-order valence-corrected chi connectivity index (χ4v) is 14.4. The zero-order valence-electron chi connectivity index (χ0n) is 54.1. The van der Waals surface area contributed by atoms with Crippen molar-refractivity contribution in [2.45, 2.75) is 69.1 Å². The summed E-state index contributed by atoms with van der Waals surface area (Å²) in [5.74, 6) is 2.90. The first-order valence-electron chi connectivity index (χ1n) is 31.4. The Labute approximate surface area is 621 Å². The standard InChI is InChI=1S/C25H15Cl2N5O5S.C23H17Cl2N5O3.C18H9Cl2N5O3.C5H8O/c1-14-2-5-18(6-3-14)38(35,36)31-9-8-15-10-17(4-7-22(15)31)37-23-19(26)11-16(12-20(23)27)32-25(34)29-24(33)21(13-28)30-32;24-17-7-13(30-23(32)28-22(31)20(10-26)29-30)8-18(25)21(17)33-14-5-6-19-15(9-14)16(11-27-19)12-3-1-2-4-12;19-12-6-10(25-18(27)23-17(26)15(8-21)24-25)7-13(20)16(12)28-11-1-2-14-9(5-11)3-4-22-14;6-5-3-1-2-4-5/h2-12H,1H3,(H,29,33,34);5-9,11-12,27H,1-4H2,(H,28,31,32);1-7,22H,(H,23,26,27);1-4H2. The van der Waals surface area contributed by atoms with E-state index in [0.29, 0.717) is 39.9 Å². The molecule has 0 spiro atoms. The molecule has 0 saturated heterocycles. The number of aromatic amines is 5. The highest BCUT2D eigenvalue weighted by molar-refractivity contribution is 7.90. The molecule has 6 heterocycles. The molecule has 528 valence electrons. The third kappa shape index (κ3) is 15.9. The molecule has 0 amide bonds. The number of benzene rings is 7. The van der Waals surface area contributed by atoms with Crippen molar-refractivity contribution >= 4 is 118 Å². The van der Waals surface area contributed by atoms with Gasteiger partial charge in [0.05, 0.1) is 57.6 Å². The van der Waals surface area contributed by atoms with E-state index in [1.165, 1.54) is 77.8 Å². The number of aryl methyl sites for hydroxylation is 1. The average molecular weight is 1550 g/mol. The van der Waals surface area contributed by atoms with E-state index in [4.69, 9.17) is 99.6 Å². The van der Waals surface area contributed by atoms with Gasteiger partial charge in [0.1, 0.15) is 41.2 Å². The van der Waals surface area contributed by atoms with Crippen LogP contribution in [0.1, 0.15) is 85.5 Å². The SMILES string of the molecule is Cc1ccc(S(=O)(=O)n2ccc3cc(Oc4c(Cl)cc(-n5nc(C#N)c(=O)[nH]c5=O)cc4Cl)ccc32)cc1.N#Cc1nn(-c2cc(Cl)c(Oc3ccc4[nH]cc(C5CCCC5)c4c3)c(Cl)c2)c(=O)[nH]c1=O.N#Cc1nn(-c2cc(Cl)c(Oc3ccc4[nH]ccc4c3)c(Cl)c2)c(=O)[nH]c1=O.O=C1CCCC1. The lowest BCUT2D eigenvalue weighted by atomic mass is 9.97. The van der Waals surface area contributed by atoms with Gasteiger partial charge in [0.2, 0.25) is 17.1 Å². The molecule has 0 aliphatic heterocycles. The van der Waals surface area contributed by atoms with E-state index < -0.39 is 60.9 Å². The molecule has 5 N–H and O–H groups in total. The van der Waals surface area contributed by atoms with Crippen LogP contribution in [0, 0.1) is 40.9 Å². The molecule has 2 saturated carbocycles. The van der Waals surface area contributed by atoms with Gasteiger partial charge in [-0.25, -0.2) is 26.8 Å². The summed E-state index contributed by atoms with van der Waals surface area (Å²) in [5.41, 5.74) is -1.51. The molecule has 0 radical (unpaired) electrons. The normalized spacial score (nSPS) is 12.7. The van der Waals surface area contributed by atoms with Gasteiger partial charge < -0.3 is 24.2 Å². The van der Waals surface area contributed by atoms with Crippen molar-refractivity contribution in [1.82, 2.24) is 58.2 Å². The van der Waals surface area contributed by atoms with E-state index in [1.54, 1.807) is 72.8 Å². The van der Waals surface area contributed by atoms with E-state index in [1.807, 2.05) is 64.5 Å². The highest BCUT2D eigenvalue weighted by atomic mass is 35.5. The van der Waals surface area contributed by atoms with Crippen LogP contribution >= 0.6 is 69.6 Å². The largest absolute Gasteiger partial charge is 0.454 e. The minimum absolute atomic E-state index is 0.0190. The van der Waals surface area contributed by atoms with Gasteiger partial charge in [-0.2, -0.15) is 29.8 Å². The molecule has 2 fully saturated rings. The Morgan fingerprint density at radius 2 is 0.905 bits per heavy atom. The number of ether oxygens (including phenoxy) is 3. The number of nitrogens with one attached hydrogen (secondary N) is 5. The molecule has 0 bridgehead atoms. The molecule has 15 rings (SSSR count). The van der Waals surface area contributed by atoms with E-state index in [2.05, 4.69) is 31.5 Å². The Kier molecular flexibility index (Phi) is 21.6. The molecule has 34 heteroatoms. The molecule has 105 heavy (non-hydrogen) atoms. The van der Waals surface area contributed by atoms with Crippen molar-refractivity contribution in [3.05, 3.63) is 267 Å². The van der Waals surface area contributed by atoms with Crippen molar-refractivity contribution < 1.29 is 27.4 Å². The van der Waals surface area contributed by atoms with Crippen LogP contribution < -0.4 is 48.0 Å². The van der Waals surface area contributed by atoms with Crippen LogP contribution in [0.2, 0.25) is 30.1 Å². The van der Waals surface area contributed by atoms with Crippen molar-refractivity contribution in [2.24, 2.45) is 0 Å². The summed E-state index contributed by atoms with van der Waals surface area (Å²) < 4.78 is 47.7. The number of nitrogens with zero attached hydrogens (tertiary/aromatic N) is 10. The van der Waals surface area contributed by atoms with Crippen LogP contribution in [0.4, 0.5) is 0 Å². The number of carbonyl (C=O) groups excluding carboxylic acids is 1. The van der Waals surface area contributed by atoms with Crippen LogP contribution in [-0.4, -0.2) is 72.4 Å². The molecule has 13 aromatic rings. The van der Waals surface area contributed by atoms with Crippen molar-refractivity contribution in [1.29, 1.82) is 15.8 Å². The molecule has 0 atom stereocenters. The van der Waals surface area contributed by atoms with Crippen LogP contribution in [0.15, 0.2) is 180 Å². The fourth-order valence-electron chi connectivity index (χ4n) is 11.4. The van der Waals surface area contributed by atoms with E-state index in [9.17, 15) is 42.0 Å². The molecular formula is C71H49Cl6N15O12S. The van der Waals surface area contributed by atoms with Gasteiger partial charge in [0.25, 0.3) is 26.7 Å². The van der Waals surface area contributed by atoms with E-state index in [0.717, 1.165) is 67.1 Å². The Bertz CT molecular complexity index is 6210. The molecular weight excluding hydrogens is 1500 g/mol. The van der Waals surface area contributed by atoms with Gasteiger partial charge in [-0.3, -0.25) is 34.1 Å². The number of ketones is 1. The summed E-state index contributed by atoms with van der Waals surface area (Å²) in [6.07, 6.45) is 14.2. The highest BCUT2D eigenvalue weighted by Gasteiger charge is 2.24. The maximum absolute atomic E-state index is 13.1. The summed E-state index contributed by atoms with van der Waals surface area (Å²) in [5, 5.41) is 41.4. The fraction of sp³-hybridized carbons (Fsp3) is 0.141. The summed E-state index contributed by atoms with van der Waals surface area (Å²) in [7, 11) is -3.81. The number of aromatic nitrogens is 12. The first-order chi connectivity index (χ1) is 50.4. The molecule has 7 aromatic carbocycles. The number of fused-ring (bicyclic) bond motifs is 3. The summed E-state index contributed by atoms with van der Waals surface area (Å²) in [6, 6.07) is 39.2. The maximum Gasteiger partial charge on any atom is 0.349 e. The first kappa shape index (κ1) is 73.0. The van der Waals surface area contributed by atoms with Gasteiger partial charge in [-0.15, -0.1) is 15.3 Å². The van der Waals surface area contributed by atoms with Gasteiger partial charge in [0.15, 0.2) is 17.2 Å². The highest BCUT2D eigenvalue weighted by Crippen LogP contribution is 2.44. The van der Waals surface area contributed by atoms with Crippen molar-refractivity contribution in [3.63, 3.8) is 0 Å². The Morgan fingerprint density at radius 3 is 1.33 bits per heavy atom. The average Bonchev–Trinajstić information content (AvgIpc) is 1.76. The van der Waals surface area contributed by atoms with Crippen LogP contribution in [0.25, 0.3) is 49.8 Å². The zero-order valence-corrected chi connectivity index (χ0v) is 59.5. The minimum atomic E-state index is -3.81. The zero-order chi connectivity index (χ0) is 74.5. The predicted molar refractivity (Wildman–Crippen MR) is 393 cm³/mol. The molecule has 0 unspecified atom stereocenters. The van der Waals surface area contributed by atoms with Gasteiger partial charge in [0, 0.05) is 58.6 Å². The summed E-state index contributed by atoms with van der Waals surface area (Å²) in [6.45, 7) is 1.88. The molecule has 6 aromatic heterocycles. The number of halogens is 6. The van der Waals surface area contributed by atoms with Gasteiger partial charge in [-0.05, 0) is 159 Å². The lowest BCUT2D eigenvalue weighted by Crippen LogP contribution is -2.33. The lowest BCUT2D eigenvalue weighted by Gasteiger charge is -2.13. The van der Waals surface area contributed by atoms with E-state index >= 15 is 0 Å². The number of rotatable bonds is 12. The smallest absolute Gasteiger partial charge is 0.349 e. The summed E-state index contributed by atoms with van der Waals surface area (Å²) >= 11 is 38.2. The number of carbonyl (C=O) groups is 1. The predicted octanol–water partition coefficient (Wildman–Crippen LogP) is 13.9. The Morgan fingerprint density at radius 1 is 0.486 bits per heavy atom. The Hall–Kier alpha value is -11.8. The molecule has 2 aliphatic carbocycles. The number of hydrogen-bond donors (Lipinski definition) is 5. The topological polar surface area (TPSA) is 390 Å². The van der Waals surface area contributed by atoms with Crippen LogP contribution in [-0.2, 0) is 14.8 Å². The third-order valence-corrected chi connectivity index (χ3v) is 19.9. The second kappa shape index (κ2) is 31.0. The van der Waals surface area contributed by atoms with E-state index in [-0.39, 0.29) is 69.3 Å². The monoisotopic (exact) mass is 1550 g/mol. The lowest BCUT2D eigenvalue weighted by molar-refractivity contribution is -0.117. The maximum atomic E-state index is 13.1. The summed E-state index contributed by atoms with van der Waals surface area (Å²) in [4.78, 5) is 93.9. The number of H-pyrrole nitrogens is 5. The third-order valence-electron chi connectivity index (χ3n) is 16.5. The molecule has 27 nitrogen and oxygen atoms in total. The van der Waals surface area contributed by atoms with Crippen LogP contribution in [0.5, 0.6) is 34.5 Å². The number of Topliss-reactive ketones (excluding diaryl/α,β-unsaturated/α-hetero) is 1. The quantitative estimate of drug-likeness (QED) is 0.0758. The second-order valence-electron chi connectivity index (χ2n) is 23.5. The minimum Gasteiger partial charge on any atom is -0.454 e. The second-order valence-corrected chi connectivity index (χ2v) is 27.7. The van der Waals surface area contributed by atoms with Crippen LogP contribution in [0.3, 0.4) is 0 Å². The Balaban J connectivity index is 0.000000143. The van der Waals surface area contributed by atoms with Crippen molar-refractivity contribution in [3.8, 4) is 69.8 Å². The van der Waals surface area contributed by atoms with Crippen molar-refractivity contribution in [2.75, 3.05) is 0 Å².